The van der Waals surface area contributed by atoms with Gasteiger partial charge in [-0.05, 0) is 18.2 Å². The molecule has 1 unspecified atom stereocenters. The highest BCUT2D eigenvalue weighted by Gasteiger charge is 2.24. The van der Waals surface area contributed by atoms with Gasteiger partial charge in [-0.15, -0.1) is 0 Å². The molecule has 1 aliphatic rings. The van der Waals surface area contributed by atoms with Crippen molar-refractivity contribution in [2.24, 2.45) is 0 Å². The number of rotatable bonds is 6. The molecule has 1 saturated heterocycles. The predicted molar refractivity (Wildman–Crippen MR) is 86.6 cm³/mol. The summed E-state index contributed by atoms with van der Waals surface area (Å²) in [5.74, 6) is 0.931. The first-order chi connectivity index (χ1) is 10.9. The lowest BCUT2D eigenvalue weighted by Crippen LogP contribution is -2.05. The fraction of sp³-hybridized carbons (Fsp3) is 0.333. The van der Waals surface area contributed by atoms with Gasteiger partial charge < -0.3 is 18.8 Å². The number of benzene rings is 2. The van der Waals surface area contributed by atoms with E-state index in [9.17, 15) is 0 Å². The highest BCUT2D eigenvalue weighted by molar-refractivity contribution is 6.11. The van der Waals surface area contributed by atoms with E-state index in [1.807, 2.05) is 12.1 Å². The minimum Gasteiger partial charge on any atom is -0.490 e. The summed E-state index contributed by atoms with van der Waals surface area (Å²) >= 11 is 0. The van der Waals surface area contributed by atoms with Crippen LogP contribution in [0.3, 0.4) is 0 Å². The molecule has 2 aromatic carbocycles. The second-order valence-electron chi connectivity index (χ2n) is 5.58. The van der Waals surface area contributed by atoms with Gasteiger partial charge in [-0.2, -0.15) is 0 Å². The van der Waals surface area contributed by atoms with Gasteiger partial charge in [0.2, 0.25) is 0 Å². The van der Waals surface area contributed by atoms with E-state index >= 15 is 0 Å². The zero-order valence-electron chi connectivity index (χ0n) is 12.6. The molecule has 1 aliphatic heterocycles. The number of hydrogen-bond donors (Lipinski definition) is 0. The summed E-state index contributed by atoms with van der Waals surface area (Å²) in [6.45, 7) is 2.95. The Morgan fingerprint density at radius 3 is 2.77 bits per heavy atom. The molecule has 1 fully saturated rings. The lowest BCUT2D eigenvalue weighted by molar-refractivity contribution is 0.189. The molecular formula is C18H19NO3. The van der Waals surface area contributed by atoms with Crippen LogP contribution >= 0.6 is 0 Å². The maximum atomic E-state index is 6.00. The van der Waals surface area contributed by atoms with Crippen LogP contribution in [0.2, 0.25) is 0 Å². The highest BCUT2D eigenvalue weighted by Crippen LogP contribution is 2.35. The molecule has 0 bridgehead atoms. The zero-order chi connectivity index (χ0) is 14.9. The molecule has 0 N–H and O–H groups in total. The second kappa shape index (κ2) is 5.63. The Labute approximate surface area is 129 Å². The normalized spacial score (nSPS) is 17.2. The molecule has 0 radical (unpaired) electrons. The maximum Gasteiger partial charge on any atom is 0.129 e. The van der Waals surface area contributed by atoms with E-state index in [1.165, 1.54) is 21.8 Å². The topological polar surface area (TPSA) is 35.9 Å². The smallest absolute Gasteiger partial charge is 0.129 e. The quantitative estimate of drug-likeness (QED) is 0.655. The number of methoxy groups -OCH3 is 1. The SMILES string of the molecule is COCCn1c2ccccc2c2c(OCC3CO3)cccc21. The van der Waals surface area contributed by atoms with Crippen molar-refractivity contribution >= 4 is 21.8 Å². The number of aromatic nitrogens is 1. The lowest BCUT2D eigenvalue weighted by atomic mass is 10.1. The van der Waals surface area contributed by atoms with Crippen molar-refractivity contribution in [1.82, 2.24) is 4.57 Å². The van der Waals surface area contributed by atoms with Gasteiger partial charge in [0.25, 0.3) is 0 Å². The monoisotopic (exact) mass is 297 g/mol. The molecule has 0 aliphatic carbocycles. The van der Waals surface area contributed by atoms with Crippen LogP contribution in [0, 0.1) is 0 Å². The molecule has 1 atom stereocenters. The first-order valence-corrected chi connectivity index (χ1v) is 7.62. The molecular weight excluding hydrogens is 278 g/mol. The number of nitrogens with zero attached hydrogens (tertiary/aromatic N) is 1. The van der Waals surface area contributed by atoms with E-state index < -0.39 is 0 Å². The summed E-state index contributed by atoms with van der Waals surface area (Å²) in [6.07, 6.45) is 0.261. The molecule has 0 saturated carbocycles. The van der Waals surface area contributed by atoms with Crippen LogP contribution in [0.15, 0.2) is 42.5 Å². The fourth-order valence-corrected chi connectivity index (χ4v) is 2.96. The average Bonchev–Trinajstić information content (AvgIpc) is 3.33. The third-order valence-corrected chi connectivity index (χ3v) is 4.11. The van der Waals surface area contributed by atoms with Crippen LogP contribution in [0.25, 0.3) is 21.8 Å². The average molecular weight is 297 g/mol. The van der Waals surface area contributed by atoms with Gasteiger partial charge in [-0.1, -0.05) is 24.3 Å². The largest absolute Gasteiger partial charge is 0.490 e. The summed E-state index contributed by atoms with van der Waals surface area (Å²) in [5, 5.41) is 2.40. The van der Waals surface area contributed by atoms with Crippen LogP contribution in [0.1, 0.15) is 0 Å². The molecule has 4 heteroatoms. The number of epoxide rings is 1. The summed E-state index contributed by atoms with van der Waals surface area (Å²) in [6, 6.07) is 14.7. The minimum atomic E-state index is 0.261. The third-order valence-electron chi connectivity index (χ3n) is 4.11. The minimum absolute atomic E-state index is 0.261. The zero-order valence-corrected chi connectivity index (χ0v) is 12.6. The van der Waals surface area contributed by atoms with E-state index in [1.54, 1.807) is 7.11 Å². The van der Waals surface area contributed by atoms with Gasteiger partial charge in [0.05, 0.1) is 18.7 Å². The summed E-state index contributed by atoms with van der Waals surface area (Å²) in [5.41, 5.74) is 2.40. The van der Waals surface area contributed by atoms with Crippen molar-refractivity contribution in [2.75, 3.05) is 26.9 Å². The first kappa shape index (κ1) is 13.6. The second-order valence-corrected chi connectivity index (χ2v) is 5.58. The Hall–Kier alpha value is -2.04. The molecule has 4 rings (SSSR count). The van der Waals surface area contributed by atoms with Gasteiger partial charge in [-0.3, -0.25) is 0 Å². The maximum absolute atomic E-state index is 6.00. The predicted octanol–water partition coefficient (Wildman–Crippen LogP) is 3.22. The van der Waals surface area contributed by atoms with Crippen LogP contribution in [0.4, 0.5) is 0 Å². The standard InChI is InChI=1S/C18H19NO3/c1-20-10-9-19-15-6-3-2-5-14(15)18-16(19)7-4-8-17(18)22-12-13-11-21-13/h2-8,13H,9-12H2,1H3. The lowest BCUT2D eigenvalue weighted by Gasteiger charge is -2.08. The van der Waals surface area contributed by atoms with Crippen molar-refractivity contribution in [3.05, 3.63) is 42.5 Å². The van der Waals surface area contributed by atoms with E-state index in [2.05, 4.69) is 34.9 Å². The van der Waals surface area contributed by atoms with E-state index in [0.29, 0.717) is 13.2 Å². The van der Waals surface area contributed by atoms with E-state index in [4.69, 9.17) is 14.2 Å². The molecule has 4 nitrogen and oxygen atoms in total. The Bertz CT molecular complexity index is 805. The Kier molecular flexibility index (Phi) is 3.48. The molecule has 114 valence electrons. The molecule has 0 amide bonds. The third kappa shape index (κ3) is 2.34. The molecule has 0 spiro atoms. The van der Waals surface area contributed by atoms with Crippen LogP contribution in [0.5, 0.6) is 5.75 Å². The van der Waals surface area contributed by atoms with E-state index in [0.717, 1.165) is 18.9 Å². The molecule has 1 aromatic heterocycles. The fourth-order valence-electron chi connectivity index (χ4n) is 2.96. The van der Waals surface area contributed by atoms with Crippen molar-refractivity contribution < 1.29 is 14.2 Å². The van der Waals surface area contributed by atoms with Crippen molar-refractivity contribution in [3.8, 4) is 5.75 Å². The van der Waals surface area contributed by atoms with Crippen LogP contribution in [-0.4, -0.2) is 37.6 Å². The molecule has 2 heterocycles. The van der Waals surface area contributed by atoms with Crippen molar-refractivity contribution in [1.29, 1.82) is 0 Å². The number of ether oxygens (including phenoxy) is 3. The number of hydrogen-bond acceptors (Lipinski definition) is 3. The first-order valence-electron chi connectivity index (χ1n) is 7.62. The van der Waals surface area contributed by atoms with Gasteiger partial charge in [0, 0.05) is 29.9 Å². The molecule has 22 heavy (non-hydrogen) atoms. The van der Waals surface area contributed by atoms with Crippen molar-refractivity contribution in [2.45, 2.75) is 12.6 Å². The Balaban J connectivity index is 1.87. The van der Waals surface area contributed by atoms with Gasteiger partial charge >= 0.3 is 0 Å². The van der Waals surface area contributed by atoms with Gasteiger partial charge in [0.1, 0.15) is 18.5 Å². The number of para-hydroxylation sites is 1. The summed E-state index contributed by atoms with van der Waals surface area (Å²) < 4.78 is 18.8. The van der Waals surface area contributed by atoms with Crippen LogP contribution in [-0.2, 0) is 16.0 Å². The van der Waals surface area contributed by atoms with Crippen LogP contribution < -0.4 is 4.74 Å². The summed E-state index contributed by atoms with van der Waals surface area (Å²) in [4.78, 5) is 0. The summed E-state index contributed by atoms with van der Waals surface area (Å²) in [7, 11) is 1.73. The number of fused-ring (bicyclic) bond motifs is 3. The van der Waals surface area contributed by atoms with E-state index in [-0.39, 0.29) is 6.10 Å². The van der Waals surface area contributed by atoms with Crippen molar-refractivity contribution in [3.63, 3.8) is 0 Å². The van der Waals surface area contributed by atoms with Gasteiger partial charge in [-0.25, -0.2) is 0 Å². The molecule has 3 aromatic rings. The Morgan fingerprint density at radius 2 is 1.95 bits per heavy atom. The Morgan fingerprint density at radius 1 is 1.14 bits per heavy atom. The highest BCUT2D eigenvalue weighted by atomic mass is 16.6. The van der Waals surface area contributed by atoms with Gasteiger partial charge in [0.15, 0.2) is 0 Å².